The van der Waals surface area contributed by atoms with Crippen molar-refractivity contribution in [3.05, 3.63) is 54.0 Å². The van der Waals surface area contributed by atoms with E-state index >= 15 is 0 Å². The molecule has 1 aromatic carbocycles. The Bertz CT molecular complexity index is 922. The first kappa shape index (κ1) is 15.4. The van der Waals surface area contributed by atoms with Crippen molar-refractivity contribution in [3.8, 4) is 11.5 Å². The van der Waals surface area contributed by atoms with Crippen molar-refractivity contribution in [2.45, 2.75) is 19.4 Å². The SMILES string of the molecule is CC(NC(=O)c1cnn2cccnc12)c1ccc2c(c1)OCCCO2. The maximum atomic E-state index is 12.6. The van der Waals surface area contributed by atoms with Gasteiger partial charge in [0.1, 0.15) is 5.56 Å². The van der Waals surface area contributed by atoms with Gasteiger partial charge in [-0.15, -0.1) is 0 Å². The summed E-state index contributed by atoms with van der Waals surface area (Å²) in [5, 5.41) is 7.13. The van der Waals surface area contributed by atoms with Gasteiger partial charge in [-0.3, -0.25) is 4.79 Å². The van der Waals surface area contributed by atoms with Crippen LogP contribution in [0.25, 0.3) is 5.65 Å². The van der Waals surface area contributed by atoms with Gasteiger partial charge in [0, 0.05) is 18.8 Å². The van der Waals surface area contributed by atoms with Crippen molar-refractivity contribution in [2.75, 3.05) is 13.2 Å². The molecule has 0 fully saturated rings. The van der Waals surface area contributed by atoms with Gasteiger partial charge in [-0.2, -0.15) is 5.10 Å². The van der Waals surface area contributed by atoms with Crippen LogP contribution in [-0.2, 0) is 0 Å². The number of nitrogens with one attached hydrogen (secondary N) is 1. The Balaban J connectivity index is 1.54. The van der Waals surface area contributed by atoms with Crippen LogP contribution in [-0.4, -0.2) is 33.7 Å². The number of amides is 1. The Labute approximate surface area is 144 Å². The van der Waals surface area contributed by atoms with Crippen LogP contribution in [0.5, 0.6) is 11.5 Å². The van der Waals surface area contributed by atoms with Crippen molar-refractivity contribution in [3.63, 3.8) is 0 Å². The van der Waals surface area contributed by atoms with E-state index in [4.69, 9.17) is 9.47 Å². The summed E-state index contributed by atoms with van der Waals surface area (Å²) in [7, 11) is 0. The molecule has 3 heterocycles. The quantitative estimate of drug-likeness (QED) is 0.793. The molecule has 1 aliphatic rings. The molecule has 0 radical (unpaired) electrons. The molecule has 3 aromatic rings. The summed E-state index contributed by atoms with van der Waals surface area (Å²) < 4.78 is 12.9. The lowest BCUT2D eigenvalue weighted by molar-refractivity contribution is 0.0941. The number of carbonyl (C=O) groups excluding carboxylic acids is 1. The van der Waals surface area contributed by atoms with Crippen LogP contribution >= 0.6 is 0 Å². The van der Waals surface area contributed by atoms with Crippen molar-refractivity contribution >= 4 is 11.6 Å². The number of rotatable bonds is 3. The van der Waals surface area contributed by atoms with Gasteiger partial charge in [0.2, 0.25) is 0 Å². The van der Waals surface area contributed by atoms with Crippen LogP contribution in [0.2, 0.25) is 0 Å². The highest BCUT2D eigenvalue weighted by atomic mass is 16.5. The predicted octanol–water partition coefficient (Wildman–Crippen LogP) is 2.38. The van der Waals surface area contributed by atoms with E-state index in [1.807, 2.05) is 25.1 Å². The number of ether oxygens (including phenoxy) is 2. The topological polar surface area (TPSA) is 77.8 Å². The second-order valence-electron chi connectivity index (χ2n) is 5.90. The lowest BCUT2D eigenvalue weighted by Crippen LogP contribution is -2.26. The minimum absolute atomic E-state index is 0.191. The molecule has 0 saturated carbocycles. The minimum Gasteiger partial charge on any atom is -0.490 e. The van der Waals surface area contributed by atoms with Crippen LogP contribution in [0.15, 0.2) is 42.9 Å². The van der Waals surface area contributed by atoms with Crippen molar-refractivity contribution < 1.29 is 14.3 Å². The molecule has 0 saturated heterocycles. The summed E-state index contributed by atoms with van der Waals surface area (Å²) >= 11 is 0. The minimum atomic E-state index is -0.215. The van der Waals surface area contributed by atoms with Crippen molar-refractivity contribution in [1.29, 1.82) is 0 Å². The third-order valence-electron chi connectivity index (χ3n) is 4.14. The Morgan fingerprint density at radius 2 is 2.12 bits per heavy atom. The second-order valence-corrected chi connectivity index (χ2v) is 5.90. The van der Waals surface area contributed by atoms with Crippen molar-refractivity contribution in [1.82, 2.24) is 19.9 Å². The molecule has 4 rings (SSSR count). The zero-order chi connectivity index (χ0) is 17.2. The van der Waals surface area contributed by atoms with Gasteiger partial charge in [0.25, 0.3) is 5.91 Å². The highest BCUT2D eigenvalue weighted by Crippen LogP contribution is 2.32. The number of benzene rings is 1. The third kappa shape index (κ3) is 3.00. The number of hydrogen-bond donors (Lipinski definition) is 1. The molecule has 1 unspecified atom stereocenters. The molecule has 0 aliphatic carbocycles. The van der Waals surface area contributed by atoms with E-state index in [2.05, 4.69) is 15.4 Å². The van der Waals surface area contributed by atoms with E-state index < -0.39 is 0 Å². The van der Waals surface area contributed by atoms with Crippen LogP contribution in [0.4, 0.5) is 0 Å². The maximum absolute atomic E-state index is 12.6. The molecule has 0 spiro atoms. The molecule has 1 aliphatic heterocycles. The van der Waals surface area contributed by atoms with Gasteiger partial charge in [-0.05, 0) is 30.7 Å². The Morgan fingerprint density at radius 3 is 3.00 bits per heavy atom. The van der Waals surface area contributed by atoms with Gasteiger partial charge < -0.3 is 14.8 Å². The normalized spacial score (nSPS) is 14.8. The summed E-state index contributed by atoms with van der Waals surface area (Å²) in [5.74, 6) is 1.24. The third-order valence-corrected chi connectivity index (χ3v) is 4.14. The van der Waals surface area contributed by atoms with E-state index in [1.54, 1.807) is 23.0 Å². The number of nitrogens with zero attached hydrogens (tertiary/aromatic N) is 3. The molecule has 7 heteroatoms. The lowest BCUT2D eigenvalue weighted by Gasteiger charge is -2.16. The largest absolute Gasteiger partial charge is 0.490 e. The molecule has 0 bridgehead atoms. The molecule has 1 atom stereocenters. The second kappa shape index (κ2) is 6.43. The summed E-state index contributed by atoms with van der Waals surface area (Å²) in [6.07, 6.45) is 5.78. The highest BCUT2D eigenvalue weighted by molar-refractivity contribution is 5.99. The van der Waals surface area contributed by atoms with E-state index in [-0.39, 0.29) is 11.9 Å². The average Bonchev–Trinajstić information content (AvgIpc) is 2.92. The fraction of sp³-hybridized carbons (Fsp3) is 0.278. The molecule has 1 N–H and O–H groups in total. The molecule has 1 amide bonds. The lowest BCUT2D eigenvalue weighted by atomic mass is 10.1. The standard InChI is InChI=1S/C18H18N4O3/c1-12(13-4-5-15-16(10-13)25-9-3-8-24-15)21-18(23)14-11-20-22-7-2-6-19-17(14)22/h2,4-7,10-12H,3,8-9H2,1H3,(H,21,23). The summed E-state index contributed by atoms with van der Waals surface area (Å²) in [6, 6.07) is 7.31. The molecule has 128 valence electrons. The zero-order valence-corrected chi connectivity index (χ0v) is 13.8. The molecule has 25 heavy (non-hydrogen) atoms. The maximum Gasteiger partial charge on any atom is 0.257 e. The van der Waals surface area contributed by atoms with E-state index in [0.717, 1.165) is 17.7 Å². The zero-order valence-electron chi connectivity index (χ0n) is 13.8. The van der Waals surface area contributed by atoms with E-state index in [1.165, 1.54) is 6.20 Å². The van der Waals surface area contributed by atoms with Gasteiger partial charge in [-0.1, -0.05) is 6.07 Å². The summed E-state index contributed by atoms with van der Waals surface area (Å²) in [4.78, 5) is 16.8. The Kier molecular flexibility index (Phi) is 3.97. The van der Waals surface area contributed by atoms with Gasteiger partial charge in [0.05, 0.1) is 25.5 Å². The predicted molar refractivity (Wildman–Crippen MR) is 90.9 cm³/mol. The monoisotopic (exact) mass is 338 g/mol. The van der Waals surface area contributed by atoms with Crippen LogP contribution in [0.1, 0.15) is 35.3 Å². The summed E-state index contributed by atoms with van der Waals surface area (Å²) in [6.45, 7) is 3.21. The van der Waals surface area contributed by atoms with E-state index in [9.17, 15) is 4.79 Å². The fourth-order valence-electron chi connectivity index (χ4n) is 2.79. The van der Waals surface area contributed by atoms with Crippen molar-refractivity contribution in [2.24, 2.45) is 0 Å². The number of carbonyl (C=O) groups is 1. The molecule has 7 nitrogen and oxygen atoms in total. The van der Waals surface area contributed by atoms with Gasteiger partial charge in [0.15, 0.2) is 17.1 Å². The first-order chi connectivity index (χ1) is 12.2. The fourth-order valence-corrected chi connectivity index (χ4v) is 2.79. The van der Waals surface area contributed by atoms with Crippen LogP contribution in [0.3, 0.4) is 0 Å². The smallest absolute Gasteiger partial charge is 0.257 e. The van der Waals surface area contributed by atoms with E-state index in [0.29, 0.717) is 30.2 Å². The highest BCUT2D eigenvalue weighted by Gasteiger charge is 2.18. The van der Waals surface area contributed by atoms with Crippen LogP contribution in [0, 0.1) is 0 Å². The number of aromatic nitrogens is 3. The molecule has 2 aromatic heterocycles. The Hall–Kier alpha value is -3.09. The first-order valence-electron chi connectivity index (χ1n) is 8.21. The van der Waals surface area contributed by atoms with Gasteiger partial charge >= 0.3 is 0 Å². The number of hydrogen-bond acceptors (Lipinski definition) is 5. The van der Waals surface area contributed by atoms with Gasteiger partial charge in [-0.25, -0.2) is 9.50 Å². The molecular formula is C18H18N4O3. The molecular weight excluding hydrogens is 320 g/mol. The average molecular weight is 338 g/mol. The van der Waals surface area contributed by atoms with Crippen LogP contribution < -0.4 is 14.8 Å². The number of fused-ring (bicyclic) bond motifs is 2. The Morgan fingerprint density at radius 1 is 1.28 bits per heavy atom. The first-order valence-corrected chi connectivity index (χ1v) is 8.21. The summed E-state index contributed by atoms with van der Waals surface area (Å²) in [5.41, 5.74) is 1.93.